The van der Waals surface area contributed by atoms with Crippen molar-refractivity contribution in [3.8, 4) is 17.6 Å². The SMILES string of the molecule is CC#CCOc1ccc(S(=O)(=O)CC2(C(=O)N(O)CC)CCNCC2)cc1. The van der Waals surface area contributed by atoms with Gasteiger partial charge in [-0.25, -0.2) is 13.5 Å². The highest BCUT2D eigenvalue weighted by atomic mass is 32.2. The summed E-state index contributed by atoms with van der Waals surface area (Å²) in [6, 6.07) is 6.09. The van der Waals surface area contributed by atoms with E-state index in [0.29, 0.717) is 36.7 Å². The highest BCUT2D eigenvalue weighted by Gasteiger charge is 2.45. The number of hydrogen-bond donors (Lipinski definition) is 2. The van der Waals surface area contributed by atoms with Crippen LogP contribution in [-0.4, -0.2) is 56.6 Å². The molecule has 1 aromatic carbocycles. The van der Waals surface area contributed by atoms with Crippen LogP contribution in [0.15, 0.2) is 29.2 Å². The first-order chi connectivity index (χ1) is 12.8. The predicted molar refractivity (Wildman–Crippen MR) is 101 cm³/mol. The Morgan fingerprint density at radius 3 is 2.48 bits per heavy atom. The Morgan fingerprint density at radius 1 is 1.30 bits per heavy atom. The molecule has 0 saturated carbocycles. The van der Waals surface area contributed by atoms with Gasteiger partial charge in [-0.1, -0.05) is 5.92 Å². The number of rotatable bonds is 7. The highest BCUT2D eigenvalue weighted by Crippen LogP contribution is 2.35. The van der Waals surface area contributed by atoms with Gasteiger partial charge in [0.1, 0.15) is 12.4 Å². The molecule has 1 aliphatic heterocycles. The lowest BCUT2D eigenvalue weighted by atomic mass is 9.79. The number of carbonyl (C=O) groups excluding carboxylic acids is 1. The van der Waals surface area contributed by atoms with E-state index in [0.717, 1.165) is 0 Å². The van der Waals surface area contributed by atoms with Crippen molar-refractivity contribution < 1.29 is 23.2 Å². The standard InChI is InChI=1S/C19H26N2O5S/c1-3-5-14-26-16-6-8-17(9-7-16)27(24,25)15-19(10-12-20-13-11-19)18(22)21(23)4-2/h6-9,20,23H,4,10-15H2,1-2H3. The van der Waals surface area contributed by atoms with Gasteiger partial charge in [-0.15, -0.1) is 5.92 Å². The number of hydroxylamine groups is 2. The fourth-order valence-electron chi connectivity index (χ4n) is 3.12. The van der Waals surface area contributed by atoms with Crippen LogP contribution >= 0.6 is 0 Å². The average molecular weight is 394 g/mol. The first-order valence-electron chi connectivity index (χ1n) is 8.91. The summed E-state index contributed by atoms with van der Waals surface area (Å²) in [5.41, 5.74) is -1.12. The van der Waals surface area contributed by atoms with Gasteiger partial charge in [0.25, 0.3) is 5.91 Å². The van der Waals surface area contributed by atoms with Crippen molar-refractivity contribution in [2.45, 2.75) is 31.6 Å². The summed E-state index contributed by atoms with van der Waals surface area (Å²) in [7, 11) is -3.72. The topological polar surface area (TPSA) is 95.9 Å². The monoisotopic (exact) mass is 394 g/mol. The van der Waals surface area contributed by atoms with Crippen molar-refractivity contribution in [1.82, 2.24) is 10.4 Å². The van der Waals surface area contributed by atoms with Gasteiger partial charge in [-0.05, 0) is 64.0 Å². The first-order valence-corrected chi connectivity index (χ1v) is 10.6. The summed E-state index contributed by atoms with van der Waals surface area (Å²) >= 11 is 0. The largest absolute Gasteiger partial charge is 0.481 e. The van der Waals surface area contributed by atoms with Gasteiger partial charge in [0.2, 0.25) is 0 Å². The fraction of sp³-hybridized carbons (Fsp3) is 0.526. The summed E-state index contributed by atoms with van der Waals surface area (Å²) in [6.07, 6.45) is 0.720. The molecule has 0 aromatic heterocycles. The van der Waals surface area contributed by atoms with E-state index in [1.165, 1.54) is 12.1 Å². The summed E-state index contributed by atoms with van der Waals surface area (Å²) in [5.74, 6) is 5.14. The van der Waals surface area contributed by atoms with Crippen LogP contribution in [0.4, 0.5) is 0 Å². The fourth-order valence-corrected chi connectivity index (χ4v) is 4.98. The van der Waals surface area contributed by atoms with Crippen LogP contribution in [0.5, 0.6) is 5.75 Å². The molecule has 1 saturated heterocycles. The molecule has 0 spiro atoms. The molecule has 1 heterocycles. The van der Waals surface area contributed by atoms with E-state index < -0.39 is 21.2 Å². The summed E-state index contributed by atoms with van der Waals surface area (Å²) in [6.45, 7) is 4.76. The van der Waals surface area contributed by atoms with E-state index >= 15 is 0 Å². The number of hydrogen-bond acceptors (Lipinski definition) is 6. The third-order valence-electron chi connectivity index (χ3n) is 4.69. The highest BCUT2D eigenvalue weighted by molar-refractivity contribution is 7.91. The summed E-state index contributed by atoms with van der Waals surface area (Å²) in [5, 5.41) is 13.6. The molecule has 1 amide bonds. The Hall–Kier alpha value is -2.08. The molecule has 1 aromatic rings. The molecule has 0 unspecified atom stereocenters. The molecule has 1 fully saturated rings. The van der Waals surface area contributed by atoms with E-state index in [1.807, 2.05) is 0 Å². The molecular weight excluding hydrogens is 368 g/mol. The van der Waals surface area contributed by atoms with Gasteiger partial charge in [-0.3, -0.25) is 10.0 Å². The van der Waals surface area contributed by atoms with E-state index in [9.17, 15) is 18.4 Å². The van der Waals surface area contributed by atoms with Crippen LogP contribution in [0, 0.1) is 17.3 Å². The quantitative estimate of drug-likeness (QED) is 0.413. The maximum absolute atomic E-state index is 13.0. The number of sulfone groups is 1. The Morgan fingerprint density at radius 2 is 1.93 bits per heavy atom. The molecule has 0 atom stereocenters. The lowest BCUT2D eigenvalue weighted by Gasteiger charge is -2.37. The van der Waals surface area contributed by atoms with Crippen LogP contribution in [0.3, 0.4) is 0 Å². The zero-order valence-electron chi connectivity index (χ0n) is 15.7. The smallest absolute Gasteiger partial charge is 0.253 e. The summed E-state index contributed by atoms with van der Waals surface area (Å²) in [4.78, 5) is 12.8. The minimum atomic E-state index is -3.72. The van der Waals surface area contributed by atoms with Crippen LogP contribution in [0.25, 0.3) is 0 Å². The Bertz CT molecular complexity index is 803. The van der Waals surface area contributed by atoms with Crippen molar-refractivity contribution in [1.29, 1.82) is 0 Å². The summed E-state index contributed by atoms with van der Waals surface area (Å²) < 4.78 is 31.3. The van der Waals surface area contributed by atoms with Gasteiger partial charge in [-0.2, -0.15) is 0 Å². The second-order valence-corrected chi connectivity index (χ2v) is 8.49. The molecule has 8 heteroatoms. The van der Waals surface area contributed by atoms with E-state index in [4.69, 9.17) is 4.74 Å². The minimum Gasteiger partial charge on any atom is -0.481 e. The molecule has 2 N–H and O–H groups in total. The molecule has 0 radical (unpaired) electrons. The van der Waals surface area contributed by atoms with Gasteiger partial charge < -0.3 is 10.1 Å². The van der Waals surface area contributed by atoms with Crippen LogP contribution in [0.2, 0.25) is 0 Å². The lowest BCUT2D eigenvalue weighted by molar-refractivity contribution is -0.176. The lowest BCUT2D eigenvalue weighted by Crippen LogP contribution is -2.51. The number of benzene rings is 1. The van der Waals surface area contributed by atoms with Crippen LogP contribution in [0.1, 0.15) is 26.7 Å². The van der Waals surface area contributed by atoms with Crippen LogP contribution in [-0.2, 0) is 14.6 Å². The zero-order valence-corrected chi connectivity index (χ0v) is 16.5. The maximum atomic E-state index is 13.0. The van der Waals surface area contributed by atoms with Crippen molar-refractivity contribution in [3.05, 3.63) is 24.3 Å². The Balaban J connectivity index is 2.22. The third-order valence-corrected chi connectivity index (χ3v) is 6.61. The normalized spacial score (nSPS) is 16.1. The predicted octanol–water partition coefficient (Wildman–Crippen LogP) is 1.47. The molecule has 1 aliphatic rings. The van der Waals surface area contributed by atoms with Gasteiger partial charge >= 0.3 is 0 Å². The van der Waals surface area contributed by atoms with Crippen LogP contribution < -0.4 is 10.1 Å². The van der Waals surface area contributed by atoms with E-state index in [-0.39, 0.29) is 23.8 Å². The molecular formula is C19H26N2O5S. The van der Waals surface area contributed by atoms with Gasteiger partial charge in [0.15, 0.2) is 9.84 Å². The molecule has 27 heavy (non-hydrogen) atoms. The Kier molecular flexibility index (Phi) is 7.25. The number of nitrogens with zero attached hydrogens (tertiary/aromatic N) is 1. The third kappa shape index (κ3) is 5.22. The Labute approximate surface area is 160 Å². The number of amides is 1. The maximum Gasteiger partial charge on any atom is 0.253 e. The minimum absolute atomic E-state index is 0.112. The number of piperidine rings is 1. The van der Waals surface area contributed by atoms with Crippen molar-refractivity contribution >= 4 is 15.7 Å². The van der Waals surface area contributed by atoms with Gasteiger partial charge in [0, 0.05) is 6.54 Å². The van der Waals surface area contributed by atoms with Crippen molar-refractivity contribution in [2.75, 3.05) is 32.0 Å². The number of nitrogens with one attached hydrogen (secondary N) is 1. The number of carbonyl (C=O) groups is 1. The molecule has 0 aliphatic carbocycles. The average Bonchev–Trinajstić information content (AvgIpc) is 2.67. The van der Waals surface area contributed by atoms with Crippen molar-refractivity contribution in [2.24, 2.45) is 5.41 Å². The molecule has 2 rings (SSSR count). The molecule has 0 bridgehead atoms. The second-order valence-electron chi connectivity index (χ2n) is 6.50. The van der Waals surface area contributed by atoms with E-state index in [2.05, 4.69) is 17.2 Å². The number of ether oxygens (including phenoxy) is 1. The second kappa shape index (κ2) is 9.22. The van der Waals surface area contributed by atoms with E-state index in [1.54, 1.807) is 26.0 Å². The molecule has 7 nitrogen and oxygen atoms in total. The van der Waals surface area contributed by atoms with Gasteiger partial charge in [0.05, 0.1) is 16.1 Å². The van der Waals surface area contributed by atoms with Crippen molar-refractivity contribution in [3.63, 3.8) is 0 Å². The zero-order chi connectivity index (χ0) is 19.9. The first kappa shape index (κ1) is 21.2. The molecule has 148 valence electrons.